The monoisotopic (exact) mass is 410 g/mol. The molecular formula is C24H38N6. The van der Waals surface area contributed by atoms with Gasteiger partial charge in [0.25, 0.3) is 0 Å². The van der Waals surface area contributed by atoms with E-state index in [1.165, 1.54) is 42.0 Å². The van der Waals surface area contributed by atoms with Gasteiger partial charge in [0.15, 0.2) is 0 Å². The smallest absolute Gasteiger partial charge is 0.132 e. The van der Waals surface area contributed by atoms with Gasteiger partial charge in [-0.25, -0.2) is 4.68 Å². The number of fused-ring (bicyclic) bond motifs is 1. The molecule has 2 aromatic rings. The molecule has 2 aliphatic heterocycles. The molecule has 2 atom stereocenters. The summed E-state index contributed by atoms with van der Waals surface area (Å²) in [5.41, 5.74) is 4.22. The van der Waals surface area contributed by atoms with Gasteiger partial charge in [-0.05, 0) is 65.0 Å². The summed E-state index contributed by atoms with van der Waals surface area (Å²) < 4.78 is 2.21. The van der Waals surface area contributed by atoms with Crippen LogP contribution >= 0.6 is 0 Å². The van der Waals surface area contributed by atoms with Gasteiger partial charge in [-0.3, -0.25) is 4.90 Å². The average molecular weight is 411 g/mol. The predicted molar refractivity (Wildman–Crippen MR) is 124 cm³/mol. The molecule has 0 spiro atoms. The summed E-state index contributed by atoms with van der Waals surface area (Å²) in [6.07, 6.45) is 4.57. The number of hydrogen-bond donors (Lipinski definition) is 1. The molecule has 1 aromatic carbocycles. The highest BCUT2D eigenvalue weighted by Crippen LogP contribution is 2.47. The molecule has 1 aromatic heterocycles. The van der Waals surface area contributed by atoms with Crippen molar-refractivity contribution in [1.29, 1.82) is 0 Å². The van der Waals surface area contributed by atoms with E-state index in [2.05, 4.69) is 83.1 Å². The highest BCUT2D eigenvalue weighted by Gasteiger charge is 2.39. The van der Waals surface area contributed by atoms with Gasteiger partial charge in [-0.1, -0.05) is 24.3 Å². The van der Waals surface area contributed by atoms with Crippen molar-refractivity contribution in [3.8, 4) is 0 Å². The van der Waals surface area contributed by atoms with Gasteiger partial charge in [-0.15, -0.1) is 0 Å². The Morgan fingerprint density at radius 1 is 1.23 bits per heavy atom. The summed E-state index contributed by atoms with van der Waals surface area (Å²) in [5.74, 6) is 1.30. The number of rotatable bonds is 8. The van der Waals surface area contributed by atoms with Crippen LogP contribution in [-0.2, 0) is 6.54 Å². The first-order valence-electron chi connectivity index (χ1n) is 11.5. The Bertz CT molecular complexity index is 840. The second kappa shape index (κ2) is 9.08. The van der Waals surface area contributed by atoms with Crippen LogP contribution in [0.2, 0.25) is 0 Å². The molecular weight excluding hydrogens is 372 g/mol. The maximum Gasteiger partial charge on any atom is 0.132 e. The summed E-state index contributed by atoms with van der Waals surface area (Å²) in [4.78, 5) is 7.50. The second-order valence-corrected chi connectivity index (χ2v) is 9.32. The lowest BCUT2D eigenvalue weighted by Crippen LogP contribution is -2.45. The Labute approximate surface area is 181 Å². The number of likely N-dealkylation sites (tertiary alicyclic amines) is 1. The molecule has 4 rings (SSSR count). The second-order valence-electron chi connectivity index (χ2n) is 9.32. The van der Waals surface area contributed by atoms with Crippen LogP contribution < -0.4 is 10.2 Å². The van der Waals surface area contributed by atoms with Crippen LogP contribution in [0, 0.1) is 0 Å². The Kier molecular flexibility index (Phi) is 6.46. The van der Waals surface area contributed by atoms with Crippen LogP contribution in [0.25, 0.3) is 0 Å². The number of likely N-dealkylation sites (N-methyl/N-ethyl adjacent to an activating group) is 2. The molecule has 0 saturated carbocycles. The lowest BCUT2D eigenvalue weighted by Gasteiger charge is -2.46. The third kappa shape index (κ3) is 4.13. The maximum absolute atomic E-state index is 4.79. The Balaban J connectivity index is 1.62. The van der Waals surface area contributed by atoms with Crippen molar-refractivity contribution in [2.24, 2.45) is 0 Å². The molecule has 6 nitrogen and oxygen atoms in total. The SMILES string of the molecule is CNCCN(C)Cc1cccc(C2CC(N3CCC3)c3cnn(C(C)C)c3N2C)c1. The summed E-state index contributed by atoms with van der Waals surface area (Å²) in [7, 11) is 6.46. The van der Waals surface area contributed by atoms with Gasteiger partial charge in [0.1, 0.15) is 5.82 Å². The van der Waals surface area contributed by atoms with E-state index in [1.54, 1.807) is 0 Å². The Morgan fingerprint density at radius 2 is 2.03 bits per heavy atom. The highest BCUT2D eigenvalue weighted by molar-refractivity contribution is 5.54. The van der Waals surface area contributed by atoms with Crippen molar-refractivity contribution in [2.45, 2.75) is 51.4 Å². The third-order valence-corrected chi connectivity index (χ3v) is 6.76. The molecule has 30 heavy (non-hydrogen) atoms. The van der Waals surface area contributed by atoms with Gasteiger partial charge in [0.2, 0.25) is 0 Å². The van der Waals surface area contributed by atoms with Gasteiger partial charge >= 0.3 is 0 Å². The zero-order chi connectivity index (χ0) is 21.3. The molecule has 3 heterocycles. The molecule has 0 radical (unpaired) electrons. The van der Waals surface area contributed by atoms with Gasteiger partial charge in [0.05, 0.1) is 12.2 Å². The molecule has 6 heteroatoms. The quantitative estimate of drug-likeness (QED) is 0.722. The molecule has 2 unspecified atom stereocenters. The first-order chi connectivity index (χ1) is 14.5. The minimum atomic E-state index is 0.360. The molecule has 0 aliphatic carbocycles. The van der Waals surface area contributed by atoms with Gasteiger partial charge < -0.3 is 15.1 Å². The largest absolute Gasteiger partial charge is 0.352 e. The third-order valence-electron chi connectivity index (χ3n) is 6.76. The maximum atomic E-state index is 4.79. The minimum Gasteiger partial charge on any atom is -0.352 e. The fraction of sp³-hybridized carbons (Fsp3) is 0.625. The number of hydrogen-bond acceptors (Lipinski definition) is 5. The molecule has 0 bridgehead atoms. The first kappa shape index (κ1) is 21.3. The summed E-state index contributed by atoms with van der Waals surface area (Å²) in [6.45, 7) is 9.93. The number of nitrogens with one attached hydrogen (secondary N) is 1. The minimum absolute atomic E-state index is 0.360. The fourth-order valence-electron chi connectivity index (χ4n) is 4.94. The Hall–Kier alpha value is -1.89. The normalized spacial score (nSPS) is 21.9. The Morgan fingerprint density at radius 3 is 2.70 bits per heavy atom. The molecule has 1 saturated heterocycles. The van der Waals surface area contributed by atoms with Crippen LogP contribution in [-0.4, -0.2) is 66.9 Å². The highest BCUT2D eigenvalue weighted by atomic mass is 15.4. The lowest BCUT2D eigenvalue weighted by atomic mass is 9.87. The van der Waals surface area contributed by atoms with E-state index < -0.39 is 0 Å². The zero-order valence-electron chi connectivity index (χ0n) is 19.3. The average Bonchev–Trinajstić information content (AvgIpc) is 3.13. The van der Waals surface area contributed by atoms with Crippen molar-refractivity contribution in [3.63, 3.8) is 0 Å². The van der Waals surface area contributed by atoms with Crippen LogP contribution in [0.4, 0.5) is 5.82 Å². The van der Waals surface area contributed by atoms with Crippen LogP contribution in [0.15, 0.2) is 30.5 Å². The van der Waals surface area contributed by atoms with E-state index in [1.807, 2.05) is 7.05 Å². The van der Waals surface area contributed by atoms with Crippen molar-refractivity contribution in [1.82, 2.24) is 24.9 Å². The van der Waals surface area contributed by atoms with Crippen LogP contribution in [0.3, 0.4) is 0 Å². The van der Waals surface area contributed by atoms with Crippen LogP contribution in [0.1, 0.15) is 61.5 Å². The lowest BCUT2D eigenvalue weighted by molar-refractivity contribution is 0.102. The van der Waals surface area contributed by atoms with Crippen molar-refractivity contribution in [2.75, 3.05) is 52.2 Å². The van der Waals surface area contributed by atoms with E-state index in [0.29, 0.717) is 18.1 Å². The molecule has 1 N–H and O–H groups in total. The molecule has 0 amide bonds. The van der Waals surface area contributed by atoms with E-state index in [-0.39, 0.29) is 0 Å². The number of anilines is 1. The predicted octanol–water partition coefficient (Wildman–Crippen LogP) is 3.44. The van der Waals surface area contributed by atoms with Crippen molar-refractivity contribution in [3.05, 3.63) is 47.2 Å². The zero-order valence-corrected chi connectivity index (χ0v) is 19.3. The van der Waals surface area contributed by atoms with E-state index in [9.17, 15) is 0 Å². The van der Waals surface area contributed by atoms with E-state index in [4.69, 9.17) is 5.10 Å². The van der Waals surface area contributed by atoms with Crippen molar-refractivity contribution < 1.29 is 0 Å². The van der Waals surface area contributed by atoms with E-state index in [0.717, 1.165) is 26.1 Å². The fourth-order valence-corrected chi connectivity index (χ4v) is 4.94. The van der Waals surface area contributed by atoms with Crippen LogP contribution in [0.5, 0.6) is 0 Å². The van der Waals surface area contributed by atoms with E-state index >= 15 is 0 Å². The number of aromatic nitrogens is 2. The molecule has 2 aliphatic rings. The van der Waals surface area contributed by atoms with Gasteiger partial charge in [0, 0.05) is 44.3 Å². The van der Waals surface area contributed by atoms with Crippen molar-refractivity contribution >= 4 is 5.82 Å². The summed E-state index contributed by atoms with van der Waals surface area (Å²) >= 11 is 0. The number of benzene rings is 1. The summed E-state index contributed by atoms with van der Waals surface area (Å²) in [6, 6.07) is 10.4. The molecule has 1 fully saturated rings. The standard InChI is InChI=1S/C24H38N6/c1-18(2)30-24-21(16-26-30)23(29-11-7-12-29)15-22(28(24)5)20-9-6-8-19(14-20)17-27(4)13-10-25-3/h6,8-9,14,16,18,22-23,25H,7,10-13,15,17H2,1-5H3. The first-order valence-corrected chi connectivity index (χ1v) is 11.5. The molecule has 164 valence electrons. The number of nitrogens with zero attached hydrogens (tertiary/aromatic N) is 5. The summed E-state index contributed by atoms with van der Waals surface area (Å²) in [5, 5.41) is 8.03. The topological polar surface area (TPSA) is 39.6 Å². The van der Waals surface area contributed by atoms with Gasteiger partial charge in [-0.2, -0.15) is 5.10 Å².